The van der Waals surface area contributed by atoms with Gasteiger partial charge in [0.05, 0.1) is 6.54 Å². The van der Waals surface area contributed by atoms with Crippen LogP contribution >= 0.6 is 0 Å². The first kappa shape index (κ1) is 8.12. The largest absolute Gasteiger partial charge is 0.288 e. The van der Waals surface area contributed by atoms with Crippen LogP contribution in [0.3, 0.4) is 0 Å². The van der Waals surface area contributed by atoms with Crippen LogP contribution in [-0.2, 0) is 16.4 Å². The Balaban J connectivity index is 3.09. The van der Waals surface area contributed by atoms with E-state index in [1.807, 2.05) is 0 Å². The molecule has 11 heavy (non-hydrogen) atoms. The molecule has 0 aliphatic heterocycles. The van der Waals surface area contributed by atoms with Gasteiger partial charge in [0.2, 0.25) is 9.84 Å². The number of aryl methyl sites for hydroxylation is 1. The number of tetrazole rings is 1. The van der Waals surface area contributed by atoms with Crippen molar-refractivity contribution in [3.8, 4) is 0 Å². The van der Waals surface area contributed by atoms with E-state index in [9.17, 15) is 8.42 Å². The molecule has 0 bridgehead atoms. The van der Waals surface area contributed by atoms with Crippen molar-refractivity contribution in [3.63, 3.8) is 0 Å². The number of hydrogen-bond acceptors (Lipinski definition) is 5. The van der Waals surface area contributed by atoms with Crippen LogP contribution in [0, 0.1) is 0 Å². The van der Waals surface area contributed by atoms with Gasteiger partial charge >= 0.3 is 0 Å². The molecule has 1 aromatic heterocycles. The van der Waals surface area contributed by atoms with Crippen molar-refractivity contribution >= 4 is 9.84 Å². The lowest BCUT2D eigenvalue weighted by Gasteiger charge is -1.86. The summed E-state index contributed by atoms with van der Waals surface area (Å²) in [6, 6.07) is 0. The summed E-state index contributed by atoms with van der Waals surface area (Å²) in [5, 5.41) is 10.2. The highest BCUT2D eigenvalue weighted by molar-refractivity contribution is 7.90. The highest BCUT2D eigenvalue weighted by Gasteiger charge is 2.13. The van der Waals surface area contributed by atoms with E-state index in [2.05, 4.69) is 15.4 Å². The van der Waals surface area contributed by atoms with Gasteiger partial charge in [0.1, 0.15) is 0 Å². The Morgan fingerprint density at radius 3 is 2.45 bits per heavy atom. The van der Waals surface area contributed by atoms with Gasteiger partial charge in [-0.2, -0.15) is 4.80 Å². The lowest BCUT2D eigenvalue weighted by atomic mass is 10.8. The van der Waals surface area contributed by atoms with Crippen molar-refractivity contribution in [2.24, 2.45) is 0 Å². The molecule has 0 aliphatic rings. The molecule has 0 fully saturated rings. The van der Waals surface area contributed by atoms with Crippen molar-refractivity contribution in [1.82, 2.24) is 20.2 Å². The lowest BCUT2D eigenvalue weighted by Crippen LogP contribution is -2.02. The molecule has 0 saturated heterocycles. The van der Waals surface area contributed by atoms with Gasteiger partial charge in [0, 0.05) is 6.26 Å². The van der Waals surface area contributed by atoms with E-state index in [1.165, 1.54) is 4.80 Å². The van der Waals surface area contributed by atoms with Crippen LogP contribution in [0.2, 0.25) is 0 Å². The molecule has 0 saturated carbocycles. The van der Waals surface area contributed by atoms with Crippen LogP contribution in [-0.4, -0.2) is 34.9 Å². The maximum absolute atomic E-state index is 10.8. The molecule has 0 radical (unpaired) electrons. The minimum absolute atomic E-state index is 0.223. The summed E-state index contributed by atoms with van der Waals surface area (Å²) in [5.41, 5.74) is 0. The van der Waals surface area contributed by atoms with Crippen molar-refractivity contribution in [2.75, 3.05) is 6.26 Å². The Bertz CT molecular complexity index is 341. The molecule has 1 rings (SSSR count). The summed E-state index contributed by atoms with van der Waals surface area (Å²) in [4.78, 5) is 1.22. The average molecular weight is 176 g/mol. The molecule has 0 spiro atoms. The van der Waals surface area contributed by atoms with E-state index in [4.69, 9.17) is 0 Å². The van der Waals surface area contributed by atoms with Crippen LogP contribution in [0.25, 0.3) is 0 Å². The Morgan fingerprint density at radius 1 is 1.55 bits per heavy atom. The topological polar surface area (TPSA) is 77.7 Å². The first-order valence-corrected chi connectivity index (χ1v) is 4.91. The fraction of sp³-hybridized carbons (Fsp3) is 0.750. The molecule has 6 nitrogen and oxygen atoms in total. The Kier molecular flexibility index (Phi) is 1.90. The fourth-order valence-electron chi connectivity index (χ4n) is 0.511. The molecule has 0 aliphatic carbocycles. The first-order chi connectivity index (χ1) is 5.04. The third kappa shape index (κ3) is 1.73. The van der Waals surface area contributed by atoms with Crippen molar-refractivity contribution < 1.29 is 8.42 Å². The summed E-state index contributed by atoms with van der Waals surface area (Å²) < 4.78 is 21.6. The zero-order valence-corrected chi connectivity index (χ0v) is 7.04. The van der Waals surface area contributed by atoms with Gasteiger partial charge in [-0.05, 0) is 12.1 Å². The van der Waals surface area contributed by atoms with E-state index in [0.717, 1.165) is 6.26 Å². The second kappa shape index (κ2) is 2.57. The summed E-state index contributed by atoms with van der Waals surface area (Å²) >= 11 is 0. The van der Waals surface area contributed by atoms with E-state index in [0.29, 0.717) is 6.54 Å². The second-order valence-electron chi connectivity index (χ2n) is 2.03. The third-order valence-electron chi connectivity index (χ3n) is 1.05. The molecular formula is C4H8N4O2S. The Labute approximate surface area is 64.1 Å². The predicted molar refractivity (Wildman–Crippen MR) is 36.6 cm³/mol. The summed E-state index contributed by atoms with van der Waals surface area (Å²) in [6.07, 6.45) is 1.05. The smallest absolute Gasteiger partial charge is 0.221 e. The van der Waals surface area contributed by atoms with E-state index in [-0.39, 0.29) is 5.16 Å². The second-order valence-corrected chi connectivity index (χ2v) is 3.94. The van der Waals surface area contributed by atoms with Crippen LogP contribution in [0.4, 0.5) is 0 Å². The molecule has 0 aromatic carbocycles. The van der Waals surface area contributed by atoms with Gasteiger partial charge in [0.15, 0.2) is 0 Å². The minimum Gasteiger partial charge on any atom is -0.221 e. The van der Waals surface area contributed by atoms with Crippen molar-refractivity contribution in [3.05, 3.63) is 0 Å². The maximum Gasteiger partial charge on any atom is 0.288 e. The van der Waals surface area contributed by atoms with Crippen LogP contribution in [0.5, 0.6) is 0 Å². The van der Waals surface area contributed by atoms with E-state index < -0.39 is 9.84 Å². The molecule has 7 heteroatoms. The lowest BCUT2D eigenvalue weighted by molar-refractivity contribution is 0.545. The molecular weight excluding hydrogens is 168 g/mol. The maximum atomic E-state index is 10.8. The molecule has 0 N–H and O–H groups in total. The number of sulfone groups is 1. The van der Waals surface area contributed by atoms with Crippen LogP contribution < -0.4 is 0 Å². The molecule has 0 atom stereocenters. The van der Waals surface area contributed by atoms with Gasteiger partial charge in [-0.15, -0.1) is 5.10 Å². The molecule has 0 amide bonds. The van der Waals surface area contributed by atoms with Gasteiger partial charge in [-0.1, -0.05) is 5.10 Å². The number of rotatable bonds is 2. The normalized spacial score (nSPS) is 11.8. The van der Waals surface area contributed by atoms with Crippen LogP contribution in [0.15, 0.2) is 5.16 Å². The summed E-state index contributed by atoms with van der Waals surface area (Å²) in [5.74, 6) is 0. The Hall–Kier alpha value is -0.980. The van der Waals surface area contributed by atoms with Crippen molar-refractivity contribution in [2.45, 2.75) is 18.6 Å². The quantitative estimate of drug-likeness (QED) is 0.583. The first-order valence-electron chi connectivity index (χ1n) is 3.02. The molecule has 0 unspecified atom stereocenters. The standard InChI is InChI=1S/C4H8N4O2S/c1-3-8-6-4(5-7-8)11(2,9)10/h3H2,1-2H3. The summed E-state index contributed by atoms with van der Waals surface area (Å²) in [7, 11) is -3.30. The predicted octanol–water partition coefficient (Wildman–Crippen LogP) is -0.903. The average Bonchev–Trinajstić information content (AvgIpc) is 2.32. The third-order valence-corrected chi connectivity index (χ3v) is 1.88. The van der Waals surface area contributed by atoms with Gasteiger partial charge < -0.3 is 0 Å². The Morgan fingerprint density at radius 2 is 2.18 bits per heavy atom. The highest BCUT2D eigenvalue weighted by atomic mass is 32.2. The fourth-order valence-corrected chi connectivity index (χ4v) is 0.938. The van der Waals surface area contributed by atoms with E-state index in [1.54, 1.807) is 6.92 Å². The van der Waals surface area contributed by atoms with Gasteiger partial charge in [-0.25, -0.2) is 8.42 Å². The minimum atomic E-state index is -3.30. The van der Waals surface area contributed by atoms with Crippen LogP contribution in [0.1, 0.15) is 6.92 Å². The SMILES string of the molecule is CCn1nnc(S(C)(=O)=O)n1. The molecule has 1 aromatic rings. The van der Waals surface area contributed by atoms with Gasteiger partial charge in [-0.3, -0.25) is 0 Å². The van der Waals surface area contributed by atoms with Crippen molar-refractivity contribution in [1.29, 1.82) is 0 Å². The zero-order valence-electron chi connectivity index (χ0n) is 6.22. The monoisotopic (exact) mass is 176 g/mol. The number of hydrogen-bond donors (Lipinski definition) is 0. The number of nitrogens with zero attached hydrogens (tertiary/aromatic N) is 4. The summed E-state index contributed by atoms with van der Waals surface area (Å²) in [6.45, 7) is 2.32. The molecule has 1 heterocycles. The zero-order chi connectivity index (χ0) is 8.48. The highest BCUT2D eigenvalue weighted by Crippen LogP contribution is 1.96. The molecule has 62 valence electrons. The van der Waals surface area contributed by atoms with E-state index >= 15 is 0 Å². The van der Waals surface area contributed by atoms with Gasteiger partial charge in [0.25, 0.3) is 5.16 Å². The number of aromatic nitrogens is 4.